The largest absolute Gasteiger partial charge is 0.465 e. The molecule has 6 heteroatoms. The Morgan fingerprint density at radius 2 is 1.88 bits per heavy atom. The summed E-state index contributed by atoms with van der Waals surface area (Å²) in [6, 6.07) is 18.0. The summed E-state index contributed by atoms with van der Waals surface area (Å²) in [6.45, 7) is 0. The van der Waals surface area contributed by atoms with Crippen LogP contribution in [0.3, 0.4) is 0 Å². The predicted molar refractivity (Wildman–Crippen MR) is 107 cm³/mol. The maximum Gasteiger partial charge on any atom is 0.337 e. The number of hydrogen-bond donors (Lipinski definition) is 0. The molecule has 0 fully saturated rings. The summed E-state index contributed by atoms with van der Waals surface area (Å²) < 4.78 is 6.97. The molecule has 3 aromatic rings. The van der Waals surface area contributed by atoms with Crippen molar-refractivity contribution >= 4 is 29.5 Å². The molecule has 0 spiro atoms. The fourth-order valence-electron chi connectivity index (χ4n) is 2.40. The van der Waals surface area contributed by atoms with Crippen molar-refractivity contribution in [1.29, 1.82) is 0 Å². The van der Waals surface area contributed by atoms with Crippen molar-refractivity contribution in [1.82, 2.24) is 9.55 Å². The van der Waals surface area contributed by atoms with E-state index in [0.29, 0.717) is 5.56 Å². The van der Waals surface area contributed by atoms with Crippen LogP contribution in [-0.4, -0.2) is 22.6 Å². The molecule has 0 aliphatic heterocycles. The highest BCUT2D eigenvalue weighted by atomic mass is 32.2. The van der Waals surface area contributed by atoms with Crippen LogP contribution in [0.5, 0.6) is 0 Å². The molecule has 0 aliphatic rings. The monoisotopic (exact) mass is 384 g/mol. The number of thioether (sulfide) groups is 2. The van der Waals surface area contributed by atoms with Crippen LogP contribution in [0.4, 0.5) is 0 Å². The molecule has 0 N–H and O–H groups in total. The number of rotatable bonds is 7. The van der Waals surface area contributed by atoms with Crippen molar-refractivity contribution < 1.29 is 9.53 Å². The number of aryl methyl sites for hydroxylation is 1. The molecule has 1 atom stereocenters. The topological polar surface area (TPSA) is 44.1 Å². The van der Waals surface area contributed by atoms with Gasteiger partial charge in [0, 0.05) is 25.2 Å². The summed E-state index contributed by atoms with van der Waals surface area (Å²) in [5.74, 6) is 0.587. The Bertz CT molecular complexity index is 848. The molecule has 4 nitrogen and oxygen atoms in total. The van der Waals surface area contributed by atoms with Gasteiger partial charge in [0.05, 0.1) is 17.3 Å². The third kappa shape index (κ3) is 4.71. The number of aromatic nitrogens is 2. The van der Waals surface area contributed by atoms with Crippen LogP contribution < -0.4 is 0 Å². The zero-order valence-corrected chi connectivity index (χ0v) is 16.3. The molecular formula is C20H20N2O2S2. The van der Waals surface area contributed by atoms with Gasteiger partial charge < -0.3 is 9.30 Å². The first-order chi connectivity index (χ1) is 12.7. The highest BCUT2D eigenvalue weighted by Gasteiger charge is 2.17. The zero-order valence-electron chi connectivity index (χ0n) is 14.7. The third-order valence-corrected chi connectivity index (χ3v) is 6.70. The van der Waals surface area contributed by atoms with Crippen LogP contribution in [0, 0.1) is 0 Å². The lowest BCUT2D eigenvalue weighted by molar-refractivity contribution is 0.0600. The second-order valence-electron chi connectivity index (χ2n) is 5.68. The van der Waals surface area contributed by atoms with Crippen molar-refractivity contribution in [2.45, 2.75) is 15.5 Å². The Morgan fingerprint density at radius 1 is 1.15 bits per heavy atom. The van der Waals surface area contributed by atoms with Gasteiger partial charge in [-0.3, -0.25) is 0 Å². The van der Waals surface area contributed by atoms with Crippen LogP contribution in [0.1, 0.15) is 26.1 Å². The molecule has 26 heavy (non-hydrogen) atoms. The Hall–Kier alpha value is -2.18. The van der Waals surface area contributed by atoms with E-state index in [1.165, 1.54) is 12.7 Å². The molecule has 134 valence electrons. The number of ether oxygens (including phenoxy) is 1. The van der Waals surface area contributed by atoms with Crippen molar-refractivity contribution in [3.8, 4) is 0 Å². The average Bonchev–Trinajstić information content (AvgIpc) is 3.10. The van der Waals surface area contributed by atoms with E-state index in [0.717, 1.165) is 16.5 Å². The first-order valence-electron chi connectivity index (χ1n) is 8.15. The molecule has 0 amide bonds. The quantitative estimate of drug-likeness (QED) is 0.328. The number of carbonyl (C=O) groups excluding carboxylic acids is 1. The molecule has 2 aromatic carbocycles. The third-order valence-electron chi connectivity index (χ3n) is 3.84. The van der Waals surface area contributed by atoms with Gasteiger partial charge in [0.15, 0.2) is 5.16 Å². The van der Waals surface area contributed by atoms with Crippen molar-refractivity contribution in [2.24, 2.45) is 7.05 Å². The Labute approximate surface area is 162 Å². The summed E-state index contributed by atoms with van der Waals surface area (Å²) in [6.07, 6.45) is 3.75. The fourth-order valence-corrected chi connectivity index (χ4v) is 4.85. The van der Waals surface area contributed by atoms with Gasteiger partial charge >= 0.3 is 5.97 Å². The smallest absolute Gasteiger partial charge is 0.337 e. The van der Waals surface area contributed by atoms with E-state index in [2.05, 4.69) is 29.2 Å². The first kappa shape index (κ1) is 18.6. The highest BCUT2D eigenvalue weighted by Crippen LogP contribution is 2.44. The molecule has 0 saturated carbocycles. The highest BCUT2D eigenvalue weighted by molar-refractivity contribution is 8.15. The molecule has 0 bridgehead atoms. The lowest BCUT2D eigenvalue weighted by Gasteiger charge is -2.17. The van der Waals surface area contributed by atoms with Gasteiger partial charge in [-0.1, -0.05) is 54.2 Å². The van der Waals surface area contributed by atoms with Crippen molar-refractivity contribution in [3.05, 3.63) is 83.7 Å². The lowest BCUT2D eigenvalue weighted by Crippen LogP contribution is -2.01. The van der Waals surface area contributed by atoms with E-state index in [-0.39, 0.29) is 10.6 Å². The van der Waals surface area contributed by atoms with Gasteiger partial charge in [-0.05, 0) is 23.3 Å². The standard InChI is InChI=1S/C20H20N2O2S2/c1-22-13-12-21-20(22)26-19(25-14-15-6-4-3-5-7-15)17-10-8-16(9-11-17)18(23)24-2/h3-13,19H,14H2,1-2H3. The van der Waals surface area contributed by atoms with Gasteiger partial charge in [0.2, 0.25) is 0 Å². The van der Waals surface area contributed by atoms with Crippen LogP contribution in [0.25, 0.3) is 0 Å². The number of hydrogen-bond acceptors (Lipinski definition) is 5. The van der Waals surface area contributed by atoms with E-state index in [1.807, 2.05) is 66.1 Å². The summed E-state index contributed by atoms with van der Waals surface area (Å²) in [5.41, 5.74) is 2.99. The molecular weight excluding hydrogens is 364 g/mol. The minimum absolute atomic E-state index is 0.169. The van der Waals surface area contributed by atoms with Crippen LogP contribution in [-0.2, 0) is 17.5 Å². The number of esters is 1. The molecule has 0 radical (unpaired) electrons. The fraction of sp³-hybridized carbons (Fsp3) is 0.200. The summed E-state index contributed by atoms with van der Waals surface area (Å²) in [4.78, 5) is 16.1. The van der Waals surface area contributed by atoms with E-state index in [9.17, 15) is 4.79 Å². The molecule has 3 rings (SSSR count). The van der Waals surface area contributed by atoms with Crippen LogP contribution in [0.2, 0.25) is 0 Å². The molecule has 0 aliphatic carbocycles. The number of imidazole rings is 1. The Balaban J connectivity index is 1.79. The predicted octanol–water partition coefficient (Wildman–Crippen LogP) is 4.93. The van der Waals surface area contributed by atoms with Crippen molar-refractivity contribution in [3.63, 3.8) is 0 Å². The summed E-state index contributed by atoms with van der Waals surface area (Å²) in [5, 5.41) is 0.965. The summed E-state index contributed by atoms with van der Waals surface area (Å²) >= 11 is 3.56. The maximum atomic E-state index is 11.7. The number of nitrogens with zero attached hydrogens (tertiary/aromatic N) is 2. The second kappa shape index (κ2) is 8.96. The average molecular weight is 385 g/mol. The van der Waals surface area contributed by atoms with Crippen LogP contribution in [0.15, 0.2) is 72.1 Å². The van der Waals surface area contributed by atoms with Gasteiger partial charge in [-0.25, -0.2) is 9.78 Å². The van der Waals surface area contributed by atoms with Gasteiger partial charge in [0.25, 0.3) is 0 Å². The number of carbonyl (C=O) groups is 1. The molecule has 1 unspecified atom stereocenters. The van der Waals surface area contributed by atoms with E-state index in [1.54, 1.807) is 11.8 Å². The van der Waals surface area contributed by atoms with E-state index < -0.39 is 0 Å². The maximum absolute atomic E-state index is 11.7. The van der Waals surface area contributed by atoms with Gasteiger partial charge in [0.1, 0.15) is 0 Å². The van der Waals surface area contributed by atoms with Crippen molar-refractivity contribution in [2.75, 3.05) is 7.11 Å². The minimum atomic E-state index is -0.318. The van der Waals surface area contributed by atoms with E-state index in [4.69, 9.17) is 4.74 Å². The molecule has 1 heterocycles. The van der Waals surface area contributed by atoms with Crippen LogP contribution >= 0.6 is 23.5 Å². The summed E-state index contributed by atoms with van der Waals surface area (Å²) in [7, 11) is 3.39. The Morgan fingerprint density at radius 3 is 2.50 bits per heavy atom. The normalized spacial score (nSPS) is 11.9. The van der Waals surface area contributed by atoms with E-state index >= 15 is 0 Å². The lowest BCUT2D eigenvalue weighted by atomic mass is 10.1. The van der Waals surface area contributed by atoms with Gasteiger partial charge in [-0.2, -0.15) is 0 Å². The number of benzene rings is 2. The number of methoxy groups -OCH3 is 1. The zero-order chi connectivity index (χ0) is 18.4. The SMILES string of the molecule is COC(=O)c1ccc(C(SCc2ccccc2)Sc2nccn2C)cc1. The second-order valence-corrected chi connectivity index (χ2v) is 8.14. The Kier molecular flexibility index (Phi) is 6.41. The molecule has 1 aromatic heterocycles. The molecule has 0 saturated heterocycles. The minimum Gasteiger partial charge on any atom is -0.465 e. The first-order valence-corrected chi connectivity index (χ1v) is 10.1. The van der Waals surface area contributed by atoms with Gasteiger partial charge in [-0.15, -0.1) is 11.8 Å².